The van der Waals surface area contributed by atoms with Crippen LogP contribution < -0.4 is 0 Å². The number of hydrogen-bond donors (Lipinski definition) is 0. The van der Waals surface area contributed by atoms with Crippen molar-refractivity contribution >= 4 is 23.7 Å². The third-order valence-corrected chi connectivity index (χ3v) is 2.69. The molecule has 0 aromatic heterocycles. The fraction of sp³-hybridized carbons (Fsp3) is 0. The lowest BCUT2D eigenvalue weighted by Gasteiger charge is -2.04. The van der Waals surface area contributed by atoms with Crippen LogP contribution in [0.1, 0.15) is 21.5 Å². The Balaban J connectivity index is 2.48. The van der Waals surface area contributed by atoms with E-state index in [9.17, 15) is 14.0 Å². The van der Waals surface area contributed by atoms with Gasteiger partial charge in [0.1, 0.15) is 5.82 Å². The molecule has 0 atom stereocenters. The number of rotatable bonds is 3. The van der Waals surface area contributed by atoms with Gasteiger partial charge < -0.3 is 0 Å². The largest absolute Gasteiger partial charge is 0.289 e. The molecule has 0 aliphatic carbocycles. The van der Waals surface area contributed by atoms with Crippen molar-refractivity contribution in [1.29, 1.82) is 0 Å². The maximum absolute atomic E-state index is 13.1. The van der Waals surface area contributed by atoms with Crippen molar-refractivity contribution in [3.63, 3.8) is 0 Å². The Morgan fingerprint density at radius 1 is 1.11 bits per heavy atom. The lowest BCUT2D eigenvalue weighted by Crippen LogP contribution is -2.05. The van der Waals surface area contributed by atoms with Crippen LogP contribution in [-0.4, -0.2) is 12.1 Å². The Bertz CT molecular complexity index is 606. The first-order valence-electron chi connectivity index (χ1n) is 5.10. The zero-order valence-electron chi connectivity index (χ0n) is 9.11. The van der Waals surface area contributed by atoms with Crippen LogP contribution in [0, 0.1) is 5.82 Å². The van der Waals surface area contributed by atoms with Gasteiger partial charge in [-0.15, -0.1) is 0 Å². The third kappa shape index (κ3) is 2.46. The Hall–Kier alpha value is -2.00. The molecule has 0 fully saturated rings. The molecule has 0 aliphatic heterocycles. The van der Waals surface area contributed by atoms with Gasteiger partial charge in [0.15, 0.2) is 5.78 Å². The Morgan fingerprint density at radius 3 is 2.39 bits per heavy atom. The molecular formula is C14H7ClFO2. The van der Waals surface area contributed by atoms with Gasteiger partial charge in [-0.1, -0.05) is 11.6 Å². The van der Waals surface area contributed by atoms with E-state index in [-0.39, 0.29) is 11.1 Å². The second-order valence-electron chi connectivity index (χ2n) is 3.63. The predicted octanol–water partition coefficient (Wildman–Crippen LogP) is 3.17. The normalized spacial score (nSPS) is 10.1. The highest BCUT2D eigenvalue weighted by atomic mass is 35.5. The second kappa shape index (κ2) is 5.10. The average Bonchev–Trinajstić information content (AvgIpc) is 2.39. The average molecular weight is 262 g/mol. The molecule has 0 bridgehead atoms. The van der Waals surface area contributed by atoms with Crippen LogP contribution in [0.5, 0.6) is 0 Å². The topological polar surface area (TPSA) is 34.1 Å². The van der Waals surface area contributed by atoms with Gasteiger partial charge in [-0.2, -0.15) is 0 Å². The standard InChI is InChI=1S/C14H7ClFO2/c15-11-4-1-9(2-5-11)14(18)13-7-12(16)6-3-10(13)8-17/h1-7H. The highest BCUT2D eigenvalue weighted by Crippen LogP contribution is 2.17. The van der Waals surface area contributed by atoms with Crippen molar-refractivity contribution < 1.29 is 14.0 Å². The van der Waals surface area contributed by atoms with Crippen molar-refractivity contribution in [3.05, 3.63) is 70.0 Å². The molecule has 18 heavy (non-hydrogen) atoms. The van der Waals surface area contributed by atoms with E-state index in [1.165, 1.54) is 18.2 Å². The van der Waals surface area contributed by atoms with Gasteiger partial charge in [0.25, 0.3) is 0 Å². The van der Waals surface area contributed by atoms with Gasteiger partial charge in [0.05, 0.1) is 0 Å². The molecule has 0 saturated heterocycles. The molecule has 0 heterocycles. The molecule has 0 unspecified atom stereocenters. The van der Waals surface area contributed by atoms with Crippen molar-refractivity contribution in [2.75, 3.05) is 0 Å². The molecule has 2 aromatic rings. The van der Waals surface area contributed by atoms with Crippen LogP contribution in [0.2, 0.25) is 5.02 Å². The lowest BCUT2D eigenvalue weighted by molar-refractivity contribution is 0.103. The quantitative estimate of drug-likeness (QED) is 0.796. The van der Waals surface area contributed by atoms with Crippen LogP contribution in [0.25, 0.3) is 0 Å². The summed E-state index contributed by atoms with van der Waals surface area (Å²) in [5.74, 6) is -1.02. The molecule has 2 nitrogen and oxygen atoms in total. The van der Waals surface area contributed by atoms with Gasteiger partial charge in [0.2, 0.25) is 6.29 Å². The molecule has 0 spiro atoms. The predicted molar refractivity (Wildman–Crippen MR) is 66.1 cm³/mol. The first kappa shape index (κ1) is 12.5. The van der Waals surface area contributed by atoms with E-state index in [0.29, 0.717) is 10.6 Å². The minimum absolute atomic E-state index is 0.00711. The molecule has 0 saturated carbocycles. The van der Waals surface area contributed by atoms with Gasteiger partial charge in [-0.05, 0) is 42.5 Å². The zero-order chi connectivity index (χ0) is 13.1. The summed E-state index contributed by atoms with van der Waals surface area (Å²) < 4.78 is 13.1. The molecule has 0 amide bonds. The molecule has 89 valence electrons. The number of carbonyl (C=O) groups is 1. The minimum atomic E-state index is -0.577. The van der Waals surface area contributed by atoms with E-state index in [0.717, 1.165) is 12.1 Å². The smallest absolute Gasteiger partial charge is 0.234 e. The monoisotopic (exact) mass is 261 g/mol. The summed E-state index contributed by atoms with van der Waals surface area (Å²) in [7, 11) is 0. The summed E-state index contributed by atoms with van der Waals surface area (Å²) >= 11 is 5.71. The molecule has 4 heteroatoms. The van der Waals surface area contributed by atoms with Crippen LogP contribution in [0.3, 0.4) is 0 Å². The first-order valence-corrected chi connectivity index (χ1v) is 5.47. The van der Waals surface area contributed by atoms with E-state index in [4.69, 9.17) is 11.6 Å². The maximum Gasteiger partial charge on any atom is 0.234 e. The van der Waals surface area contributed by atoms with Crippen LogP contribution >= 0.6 is 11.6 Å². The number of halogens is 2. The number of carbonyl (C=O) groups excluding carboxylic acids is 2. The summed E-state index contributed by atoms with van der Waals surface area (Å²) in [6.45, 7) is 0. The van der Waals surface area contributed by atoms with Crippen molar-refractivity contribution in [3.8, 4) is 0 Å². The van der Waals surface area contributed by atoms with Gasteiger partial charge >= 0.3 is 0 Å². The summed E-state index contributed by atoms with van der Waals surface area (Å²) in [6, 6.07) is 9.51. The van der Waals surface area contributed by atoms with Crippen molar-refractivity contribution in [1.82, 2.24) is 0 Å². The molecular weight excluding hydrogens is 255 g/mol. The zero-order valence-corrected chi connectivity index (χ0v) is 9.87. The summed E-state index contributed by atoms with van der Waals surface area (Å²) in [5.41, 5.74) is 0.366. The molecule has 0 aliphatic rings. The van der Waals surface area contributed by atoms with Crippen LogP contribution in [0.4, 0.5) is 4.39 Å². The minimum Gasteiger partial charge on any atom is -0.289 e. The Kier molecular flexibility index (Phi) is 3.53. The van der Waals surface area contributed by atoms with E-state index in [1.807, 2.05) is 0 Å². The Labute approximate surface area is 108 Å². The van der Waals surface area contributed by atoms with Gasteiger partial charge in [0, 0.05) is 21.7 Å². The fourth-order valence-corrected chi connectivity index (χ4v) is 1.68. The van der Waals surface area contributed by atoms with E-state index in [1.54, 1.807) is 18.4 Å². The number of benzene rings is 2. The van der Waals surface area contributed by atoms with Gasteiger partial charge in [-0.25, -0.2) is 4.39 Å². The highest BCUT2D eigenvalue weighted by molar-refractivity contribution is 6.30. The molecule has 2 rings (SSSR count). The van der Waals surface area contributed by atoms with E-state index < -0.39 is 11.6 Å². The second-order valence-corrected chi connectivity index (χ2v) is 4.06. The molecule has 0 N–H and O–H groups in total. The van der Waals surface area contributed by atoms with Crippen LogP contribution in [-0.2, 0) is 4.79 Å². The lowest BCUT2D eigenvalue weighted by atomic mass is 9.99. The maximum atomic E-state index is 13.1. The van der Waals surface area contributed by atoms with E-state index >= 15 is 0 Å². The molecule has 2 aromatic carbocycles. The molecule has 1 radical (unpaired) electrons. The van der Waals surface area contributed by atoms with E-state index in [2.05, 4.69) is 0 Å². The highest BCUT2D eigenvalue weighted by Gasteiger charge is 2.14. The first-order chi connectivity index (χ1) is 8.61. The summed E-state index contributed by atoms with van der Waals surface area (Å²) in [5, 5.41) is 0.493. The fourth-order valence-electron chi connectivity index (χ4n) is 1.55. The van der Waals surface area contributed by atoms with Crippen molar-refractivity contribution in [2.24, 2.45) is 0 Å². The van der Waals surface area contributed by atoms with Crippen molar-refractivity contribution in [2.45, 2.75) is 0 Å². The summed E-state index contributed by atoms with van der Waals surface area (Å²) in [4.78, 5) is 22.8. The van der Waals surface area contributed by atoms with Gasteiger partial charge in [-0.3, -0.25) is 9.59 Å². The SMILES string of the molecule is O=[C]c1ccc(F)cc1C(=O)c1ccc(Cl)cc1. The third-order valence-electron chi connectivity index (χ3n) is 2.44. The summed E-state index contributed by atoms with van der Waals surface area (Å²) in [6.07, 6.45) is 1.62. The Morgan fingerprint density at radius 2 is 1.78 bits per heavy atom. The number of hydrogen-bond acceptors (Lipinski definition) is 2. The number of ketones is 1. The van der Waals surface area contributed by atoms with Crippen LogP contribution in [0.15, 0.2) is 42.5 Å².